The fourth-order valence-electron chi connectivity index (χ4n) is 3.46. The van der Waals surface area contributed by atoms with Gasteiger partial charge in [-0.3, -0.25) is 0 Å². The van der Waals surface area contributed by atoms with Crippen molar-refractivity contribution >= 4 is 15.9 Å². The van der Waals surface area contributed by atoms with E-state index in [0.29, 0.717) is 0 Å². The summed E-state index contributed by atoms with van der Waals surface area (Å²) in [7, 11) is -3.81. The molecule has 1 amide bonds. The molecule has 0 unspecified atom stereocenters. The van der Waals surface area contributed by atoms with Crippen LogP contribution >= 0.6 is 0 Å². The highest BCUT2D eigenvalue weighted by atomic mass is 32.2. The summed E-state index contributed by atoms with van der Waals surface area (Å²) in [6.45, 7) is 8.64. The highest BCUT2D eigenvalue weighted by molar-refractivity contribution is 7.93. The number of benzene rings is 1. The van der Waals surface area contributed by atoms with Crippen molar-refractivity contribution in [1.29, 1.82) is 0 Å². The fraction of sp³-hybridized carbons (Fsp3) is 0.526. The van der Waals surface area contributed by atoms with E-state index in [4.69, 9.17) is 4.74 Å². The highest BCUT2D eigenvalue weighted by Crippen LogP contribution is 2.43. The van der Waals surface area contributed by atoms with Gasteiger partial charge in [0.25, 0.3) is 0 Å². The van der Waals surface area contributed by atoms with Crippen LogP contribution in [0, 0.1) is 0 Å². The van der Waals surface area contributed by atoms with Crippen molar-refractivity contribution < 1.29 is 23.1 Å². The predicted octanol–water partition coefficient (Wildman–Crippen LogP) is 2.78. The normalized spacial score (nSPS) is 23.7. The predicted molar refractivity (Wildman–Crippen MR) is 99.6 cm³/mol. The minimum Gasteiger partial charge on any atom is -0.444 e. The van der Waals surface area contributed by atoms with E-state index in [-0.39, 0.29) is 24.3 Å². The van der Waals surface area contributed by atoms with Crippen LogP contribution in [0.3, 0.4) is 0 Å². The van der Waals surface area contributed by atoms with Crippen molar-refractivity contribution in [3.8, 4) is 0 Å². The molecule has 6 nitrogen and oxygen atoms in total. The minimum atomic E-state index is -3.81. The smallest absolute Gasteiger partial charge is 0.410 e. The third-order valence-corrected chi connectivity index (χ3v) is 7.24. The fourth-order valence-corrected chi connectivity index (χ4v) is 5.70. The number of ether oxygens (including phenoxy) is 1. The minimum absolute atomic E-state index is 0.134. The Morgan fingerprint density at radius 2 is 2.00 bits per heavy atom. The molecule has 2 atom stereocenters. The maximum atomic E-state index is 13.4. The van der Waals surface area contributed by atoms with Crippen molar-refractivity contribution in [1.82, 2.24) is 4.90 Å². The monoisotopic (exact) mass is 381 g/mol. The second-order valence-corrected chi connectivity index (χ2v) is 9.79. The van der Waals surface area contributed by atoms with E-state index in [1.165, 1.54) is 23.1 Å². The molecule has 26 heavy (non-hydrogen) atoms. The number of carbonyl (C=O) groups is 1. The van der Waals surface area contributed by atoms with Crippen LogP contribution in [0.2, 0.25) is 0 Å². The van der Waals surface area contributed by atoms with Gasteiger partial charge in [0.05, 0.1) is 17.5 Å². The first-order valence-corrected chi connectivity index (χ1v) is 10.1. The van der Waals surface area contributed by atoms with Gasteiger partial charge < -0.3 is 14.7 Å². The second kappa shape index (κ2) is 7.40. The van der Waals surface area contributed by atoms with Gasteiger partial charge in [0.15, 0.2) is 9.84 Å². The molecule has 1 aliphatic heterocycles. The third-order valence-electron chi connectivity index (χ3n) is 4.64. The van der Waals surface area contributed by atoms with Crippen LogP contribution in [0.1, 0.15) is 33.6 Å². The van der Waals surface area contributed by atoms with Crippen molar-refractivity contribution in [2.75, 3.05) is 13.2 Å². The maximum Gasteiger partial charge on any atom is 0.410 e. The van der Waals surface area contributed by atoms with Crippen LogP contribution in [0.4, 0.5) is 4.79 Å². The first-order chi connectivity index (χ1) is 12.1. The van der Waals surface area contributed by atoms with Crippen LogP contribution in [0.25, 0.3) is 0 Å². The summed E-state index contributed by atoms with van der Waals surface area (Å²) in [6.07, 6.45) is 1.25. The number of amides is 1. The Hall–Kier alpha value is -1.86. The Balaban J connectivity index is 2.48. The first-order valence-electron chi connectivity index (χ1n) is 8.60. The number of nitrogens with zero attached hydrogens (tertiary/aromatic N) is 1. The SMILES string of the molecule is C=CC[C@@]1(S(=O)(=O)c2ccccc2)CCN(C(=O)OC(C)(C)C)[C@@H]1CO. The van der Waals surface area contributed by atoms with Gasteiger partial charge in [-0.2, -0.15) is 0 Å². The third kappa shape index (κ3) is 3.64. The Morgan fingerprint density at radius 3 is 2.50 bits per heavy atom. The number of sulfone groups is 1. The molecule has 2 rings (SSSR count). The van der Waals surface area contributed by atoms with Gasteiger partial charge in [0.2, 0.25) is 0 Å². The van der Waals surface area contributed by atoms with Crippen molar-refractivity contribution in [2.45, 2.75) is 54.9 Å². The van der Waals surface area contributed by atoms with E-state index in [1.54, 1.807) is 39.0 Å². The van der Waals surface area contributed by atoms with Crippen LogP contribution in [-0.4, -0.2) is 54.1 Å². The van der Waals surface area contributed by atoms with Gasteiger partial charge in [-0.05, 0) is 45.7 Å². The van der Waals surface area contributed by atoms with E-state index in [2.05, 4.69) is 6.58 Å². The number of likely N-dealkylation sites (tertiary alicyclic amines) is 1. The van der Waals surface area contributed by atoms with Crippen molar-refractivity contribution in [3.05, 3.63) is 43.0 Å². The molecule has 1 fully saturated rings. The highest BCUT2D eigenvalue weighted by Gasteiger charge is 2.57. The maximum absolute atomic E-state index is 13.4. The Kier molecular flexibility index (Phi) is 5.82. The van der Waals surface area contributed by atoms with Gasteiger partial charge in [-0.15, -0.1) is 6.58 Å². The summed E-state index contributed by atoms with van der Waals surface area (Å²) in [5.41, 5.74) is -0.709. The van der Waals surface area contributed by atoms with E-state index < -0.39 is 38.9 Å². The summed E-state index contributed by atoms with van der Waals surface area (Å²) in [5.74, 6) is 0. The topological polar surface area (TPSA) is 83.9 Å². The lowest BCUT2D eigenvalue weighted by Crippen LogP contribution is -2.54. The van der Waals surface area contributed by atoms with Gasteiger partial charge in [-0.1, -0.05) is 24.3 Å². The first kappa shape index (κ1) is 20.5. The zero-order chi connectivity index (χ0) is 19.6. The number of allylic oxidation sites excluding steroid dienone is 1. The van der Waals surface area contributed by atoms with Crippen LogP contribution in [0.5, 0.6) is 0 Å². The molecule has 1 heterocycles. The van der Waals surface area contributed by atoms with E-state index in [1.807, 2.05) is 0 Å². The van der Waals surface area contributed by atoms with Gasteiger partial charge in [-0.25, -0.2) is 13.2 Å². The molecule has 144 valence electrons. The van der Waals surface area contributed by atoms with Gasteiger partial charge in [0, 0.05) is 6.54 Å². The molecular formula is C19H27NO5S. The number of aliphatic hydroxyl groups is 1. The molecule has 1 aromatic rings. The molecule has 0 saturated carbocycles. The number of carbonyl (C=O) groups excluding carboxylic acids is 1. The van der Waals surface area contributed by atoms with E-state index >= 15 is 0 Å². The average molecular weight is 381 g/mol. The summed E-state index contributed by atoms with van der Waals surface area (Å²) >= 11 is 0. The lowest BCUT2D eigenvalue weighted by molar-refractivity contribution is 0.0156. The molecule has 1 aliphatic rings. The summed E-state index contributed by atoms with van der Waals surface area (Å²) in [6, 6.07) is 7.21. The summed E-state index contributed by atoms with van der Waals surface area (Å²) < 4.78 is 30.9. The van der Waals surface area contributed by atoms with Gasteiger partial charge >= 0.3 is 6.09 Å². The zero-order valence-electron chi connectivity index (χ0n) is 15.5. The zero-order valence-corrected chi connectivity index (χ0v) is 16.3. The molecule has 1 N–H and O–H groups in total. The number of hydrogen-bond acceptors (Lipinski definition) is 5. The standard InChI is InChI=1S/C19H27NO5S/c1-5-11-19(26(23,24)15-9-7-6-8-10-15)12-13-20(16(19)14-21)17(22)25-18(2,3)4/h5-10,16,21H,1,11-14H2,2-4H3/t16-,19-/m1/s1. The molecule has 1 saturated heterocycles. The molecular weight excluding hydrogens is 354 g/mol. The quantitative estimate of drug-likeness (QED) is 0.793. The average Bonchev–Trinajstić information content (AvgIpc) is 2.94. The second-order valence-electron chi connectivity index (χ2n) is 7.50. The molecule has 0 bridgehead atoms. The van der Waals surface area contributed by atoms with Gasteiger partial charge in [0.1, 0.15) is 10.3 Å². The number of rotatable bonds is 5. The van der Waals surface area contributed by atoms with Crippen LogP contribution < -0.4 is 0 Å². The number of aliphatic hydroxyl groups excluding tert-OH is 1. The summed E-state index contributed by atoms with van der Waals surface area (Å²) in [4.78, 5) is 14.1. The lowest BCUT2D eigenvalue weighted by atomic mass is 9.96. The molecule has 0 spiro atoms. The van der Waals surface area contributed by atoms with Crippen LogP contribution in [-0.2, 0) is 14.6 Å². The van der Waals surface area contributed by atoms with E-state index in [9.17, 15) is 18.3 Å². The number of hydrogen-bond donors (Lipinski definition) is 1. The Bertz CT molecular complexity index is 754. The molecule has 0 aromatic heterocycles. The molecule has 1 aromatic carbocycles. The molecule has 0 radical (unpaired) electrons. The van der Waals surface area contributed by atoms with Crippen LogP contribution in [0.15, 0.2) is 47.9 Å². The van der Waals surface area contributed by atoms with Crippen molar-refractivity contribution in [2.24, 2.45) is 0 Å². The Labute approximate surface area is 155 Å². The van der Waals surface area contributed by atoms with E-state index in [0.717, 1.165) is 0 Å². The molecule has 0 aliphatic carbocycles. The Morgan fingerprint density at radius 1 is 1.38 bits per heavy atom. The molecule has 7 heteroatoms. The largest absolute Gasteiger partial charge is 0.444 e. The lowest BCUT2D eigenvalue weighted by Gasteiger charge is -2.36. The van der Waals surface area contributed by atoms with Crippen molar-refractivity contribution in [3.63, 3.8) is 0 Å². The summed E-state index contributed by atoms with van der Waals surface area (Å²) in [5, 5.41) is 10.0.